The highest BCUT2D eigenvalue weighted by Crippen LogP contribution is 2.24. The number of hydrogen-bond donors (Lipinski definition) is 6. The van der Waals surface area contributed by atoms with E-state index in [1.54, 1.807) is 0 Å². The van der Waals surface area contributed by atoms with Crippen molar-refractivity contribution in [3.05, 3.63) is 66.2 Å². The van der Waals surface area contributed by atoms with E-state index >= 15 is 0 Å². The van der Waals surface area contributed by atoms with E-state index in [0.29, 0.717) is 5.56 Å². The van der Waals surface area contributed by atoms with Crippen molar-refractivity contribution in [3.63, 3.8) is 0 Å². The van der Waals surface area contributed by atoms with Gasteiger partial charge < -0.3 is 25.5 Å². The SMILES string of the molecule is C[C@@H](CN(CC(=O)O)CC(=O)O)N(CC(=O)O)[C@H](Cc1ccc(NS(=O)(=O)c2ccc(N3C(=O)C=CC3=O)cc2)cc1)CN(CC(=O)O)CC(=O)O. The fraction of sp³-hybridized carbons (Fsp3) is 0.344. The summed E-state index contributed by atoms with van der Waals surface area (Å²) in [4.78, 5) is 86.1. The van der Waals surface area contributed by atoms with Crippen molar-refractivity contribution in [2.45, 2.75) is 30.3 Å². The Bertz CT molecular complexity index is 1760. The molecule has 2 aromatic carbocycles. The monoisotopic (exact) mass is 747 g/mol. The highest BCUT2D eigenvalue weighted by atomic mass is 32.2. The second kappa shape index (κ2) is 18.0. The maximum atomic E-state index is 13.1. The molecule has 0 unspecified atom stereocenters. The lowest BCUT2D eigenvalue weighted by Gasteiger charge is -2.39. The molecule has 0 radical (unpaired) electrons. The van der Waals surface area contributed by atoms with Crippen LogP contribution in [0.4, 0.5) is 11.4 Å². The minimum absolute atomic E-state index is 0.0253. The van der Waals surface area contributed by atoms with Gasteiger partial charge in [-0.1, -0.05) is 12.1 Å². The van der Waals surface area contributed by atoms with E-state index in [9.17, 15) is 67.5 Å². The van der Waals surface area contributed by atoms with Crippen LogP contribution in [0.15, 0.2) is 65.6 Å². The second-order valence-electron chi connectivity index (χ2n) is 11.8. The lowest BCUT2D eigenvalue weighted by Crippen LogP contribution is -2.55. The number of carbonyl (C=O) groups excluding carboxylic acids is 2. The first kappa shape index (κ1) is 40.7. The number of hydrogen-bond acceptors (Lipinski definition) is 12. The summed E-state index contributed by atoms with van der Waals surface area (Å²) in [6.45, 7) is -2.45. The number of carbonyl (C=O) groups is 7. The lowest BCUT2D eigenvalue weighted by atomic mass is 10.0. The first-order chi connectivity index (χ1) is 24.3. The Morgan fingerprint density at radius 3 is 1.56 bits per heavy atom. The van der Waals surface area contributed by atoms with Crippen molar-refractivity contribution in [2.24, 2.45) is 0 Å². The summed E-state index contributed by atoms with van der Waals surface area (Å²) in [7, 11) is -4.16. The largest absolute Gasteiger partial charge is 0.480 e. The van der Waals surface area contributed by atoms with Crippen molar-refractivity contribution in [1.29, 1.82) is 0 Å². The normalized spacial score (nSPS) is 14.2. The topological polar surface area (TPSA) is 280 Å². The molecule has 0 bridgehead atoms. The summed E-state index contributed by atoms with van der Waals surface area (Å²) in [5.74, 6) is -7.83. The summed E-state index contributed by atoms with van der Waals surface area (Å²) in [6.07, 6.45) is 2.15. The number of anilines is 2. The van der Waals surface area contributed by atoms with Crippen LogP contribution in [-0.2, 0) is 50.0 Å². The van der Waals surface area contributed by atoms with Crippen LogP contribution in [-0.4, -0.2) is 148 Å². The zero-order chi connectivity index (χ0) is 38.7. The van der Waals surface area contributed by atoms with Crippen molar-refractivity contribution in [2.75, 3.05) is 55.4 Å². The number of nitrogens with zero attached hydrogens (tertiary/aromatic N) is 4. The van der Waals surface area contributed by atoms with Gasteiger partial charge in [-0.3, -0.25) is 53.0 Å². The van der Waals surface area contributed by atoms with Crippen LogP contribution in [0.25, 0.3) is 0 Å². The summed E-state index contributed by atoms with van der Waals surface area (Å²) in [5, 5.41) is 47.2. The zero-order valence-electron chi connectivity index (χ0n) is 27.7. The van der Waals surface area contributed by atoms with Crippen LogP contribution >= 0.6 is 0 Å². The van der Waals surface area contributed by atoms with Gasteiger partial charge in [0.2, 0.25) is 0 Å². The highest BCUT2D eigenvalue weighted by molar-refractivity contribution is 7.92. The van der Waals surface area contributed by atoms with Gasteiger partial charge in [-0.2, -0.15) is 0 Å². The quantitative estimate of drug-likeness (QED) is 0.0832. The average Bonchev–Trinajstić information content (AvgIpc) is 3.36. The van der Waals surface area contributed by atoms with Gasteiger partial charge in [-0.05, 0) is 55.3 Å². The molecule has 1 aliphatic heterocycles. The number of carboxylic acids is 5. The molecular formula is C32H37N5O14S. The maximum Gasteiger partial charge on any atom is 0.317 e. The number of benzene rings is 2. The first-order valence-corrected chi connectivity index (χ1v) is 16.9. The van der Waals surface area contributed by atoms with Gasteiger partial charge in [0, 0.05) is 43.0 Å². The van der Waals surface area contributed by atoms with Crippen molar-refractivity contribution in [3.8, 4) is 0 Å². The van der Waals surface area contributed by atoms with E-state index in [-0.39, 0.29) is 35.8 Å². The van der Waals surface area contributed by atoms with E-state index in [1.807, 2.05) is 0 Å². The Morgan fingerprint density at radius 2 is 1.12 bits per heavy atom. The number of amides is 2. The molecule has 0 spiro atoms. The van der Waals surface area contributed by atoms with Crippen LogP contribution in [0, 0.1) is 0 Å². The van der Waals surface area contributed by atoms with E-state index in [2.05, 4.69) is 4.72 Å². The molecule has 52 heavy (non-hydrogen) atoms. The molecule has 2 aromatic rings. The molecule has 0 fully saturated rings. The zero-order valence-corrected chi connectivity index (χ0v) is 28.5. The standard InChI is InChI=1S/C32H37N5O14S/c1-20(13-34(15-28(40)41)16-29(42)43)36(19-32(48)49)24(14-35(17-30(44)45)18-31(46)47)12-21-2-4-22(5-3-21)33-52(50,51)25-8-6-23(7-9-25)37-26(38)10-11-27(37)39/h2-11,20,24,33H,12-19H2,1H3,(H,40,41)(H,42,43)(H,44,45)(H,46,47)(H,48,49)/t20-,24+/m0/s1. The molecule has 6 N–H and O–H groups in total. The number of sulfonamides is 1. The molecule has 0 aliphatic carbocycles. The van der Waals surface area contributed by atoms with Gasteiger partial charge in [0.15, 0.2) is 0 Å². The van der Waals surface area contributed by atoms with Crippen LogP contribution in [0.5, 0.6) is 0 Å². The second-order valence-corrected chi connectivity index (χ2v) is 13.5. The minimum atomic E-state index is -4.16. The van der Waals surface area contributed by atoms with Gasteiger partial charge in [0.1, 0.15) is 0 Å². The Balaban J connectivity index is 1.88. The van der Waals surface area contributed by atoms with E-state index in [4.69, 9.17) is 0 Å². The molecule has 0 saturated heterocycles. The van der Waals surface area contributed by atoms with Crippen molar-refractivity contribution in [1.82, 2.24) is 14.7 Å². The average molecular weight is 748 g/mol. The third-order valence-electron chi connectivity index (χ3n) is 7.67. The molecule has 1 heterocycles. The fourth-order valence-electron chi connectivity index (χ4n) is 5.62. The molecule has 0 saturated carbocycles. The number of aliphatic carboxylic acids is 5. The third-order valence-corrected chi connectivity index (χ3v) is 9.07. The van der Waals surface area contributed by atoms with Gasteiger partial charge in [-0.25, -0.2) is 13.3 Å². The number of rotatable bonds is 22. The number of carboxylic acid groups (broad SMARTS) is 5. The summed E-state index contributed by atoms with van der Waals surface area (Å²) < 4.78 is 28.6. The smallest absolute Gasteiger partial charge is 0.317 e. The predicted molar refractivity (Wildman–Crippen MR) is 180 cm³/mol. The summed E-state index contributed by atoms with van der Waals surface area (Å²) in [6, 6.07) is 9.08. The molecule has 1 aliphatic rings. The Kier molecular flexibility index (Phi) is 14.1. The summed E-state index contributed by atoms with van der Waals surface area (Å²) >= 11 is 0. The highest BCUT2D eigenvalue weighted by Gasteiger charge is 2.31. The lowest BCUT2D eigenvalue weighted by molar-refractivity contribution is -0.144. The molecule has 2 atom stereocenters. The number of nitrogens with one attached hydrogen (secondary N) is 1. The first-order valence-electron chi connectivity index (χ1n) is 15.4. The minimum Gasteiger partial charge on any atom is -0.480 e. The van der Waals surface area contributed by atoms with Crippen LogP contribution in [0.1, 0.15) is 12.5 Å². The predicted octanol–water partition coefficient (Wildman–Crippen LogP) is -0.455. The van der Waals surface area contributed by atoms with Crippen molar-refractivity contribution < 1.29 is 67.5 Å². The summed E-state index contributed by atoms with van der Waals surface area (Å²) in [5.41, 5.74) is 0.781. The molecule has 20 heteroatoms. The molecule has 3 rings (SSSR count). The van der Waals surface area contributed by atoms with Crippen molar-refractivity contribution >= 4 is 63.1 Å². The maximum absolute atomic E-state index is 13.1. The molecule has 280 valence electrons. The van der Waals surface area contributed by atoms with E-state index < -0.39 is 96.5 Å². The van der Waals surface area contributed by atoms with Crippen LogP contribution in [0.2, 0.25) is 0 Å². The molecule has 19 nitrogen and oxygen atoms in total. The Labute approximate surface area is 297 Å². The third kappa shape index (κ3) is 12.3. The Morgan fingerprint density at radius 1 is 0.673 bits per heavy atom. The van der Waals surface area contributed by atoms with Gasteiger partial charge in [0.05, 0.1) is 43.3 Å². The van der Waals surface area contributed by atoms with Crippen LogP contribution < -0.4 is 9.62 Å². The molecular weight excluding hydrogens is 710 g/mol. The van der Waals surface area contributed by atoms with Gasteiger partial charge in [-0.15, -0.1) is 0 Å². The van der Waals surface area contributed by atoms with Gasteiger partial charge >= 0.3 is 29.8 Å². The molecule has 2 amide bonds. The number of imide groups is 1. The van der Waals surface area contributed by atoms with Crippen LogP contribution in [0.3, 0.4) is 0 Å². The van der Waals surface area contributed by atoms with Gasteiger partial charge in [0.25, 0.3) is 21.8 Å². The molecule has 0 aromatic heterocycles. The van der Waals surface area contributed by atoms with E-state index in [0.717, 1.165) is 26.9 Å². The Hall–Kier alpha value is -5.70. The fourth-order valence-corrected chi connectivity index (χ4v) is 6.68. The van der Waals surface area contributed by atoms with E-state index in [1.165, 1.54) is 60.4 Å².